The molecule has 622 valence electrons. The van der Waals surface area contributed by atoms with Crippen molar-refractivity contribution in [2.24, 2.45) is 17.4 Å². The standard InChI is InChI=1S/C70H78Cl2N12O24S.5CH4/c1-24(2)13-36(75-6)61(95)80-51-53(89)28-8-11-40(34(71)15-28)104-42-17-30-18-43(57(42)108-68-58(107-46-22-70(5,74)59(93)26(4)103-46)56(92)55(91)44(106-68)23-109-69-82-60(94)25(3)83-84-69)105-41-12-9-29(16-35(41)72)54(90)52-66(100)79-50(67(101)102)33-19-31(85)20-39(87)47(33)32-14-27(7-10-38(32)86)48(63(97)81-52)78-64(98)49(30)77-62(96)37(21-45(73)88)76-65(51)99;;;;;/h7-12,14-20,24,26,36-37,44,46,48-56,58-59,68,75,85-87,89-93H,13,21-23,74H2,1-6H3,(H2,73,88)(H,76,99)(H,77,96)(H,78,98)(H,79,100)(H,80,95)(H,81,97)(H,101,102)(H,82,84,94);5*1H4/t26?,36-,37-,44?,46?,48+,49+,50+,51+,52-,53+,54+,55?,56?,58?,59?,68?,70?;;;;;/m0...../s1. The van der Waals surface area contributed by atoms with Gasteiger partial charge in [0, 0.05) is 40.5 Å². The molecule has 36 nitrogen and oxygen atoms in total. The molecule has 2 saturated heterocycles. The molecule has 0 aliphatic carbocycles. The zero-order valence-corrected chi connectivity index (χ0v) is 60.9. The number of carbonyl (C=O) groups excluding carboxylic acids is 7. The number of aliphatic carboxylic acids is 1. The van der Waals surface area contributed by atoms with E-state index in [0.29, 0.717) is 0 Å². The van der Waals surface area contributed by atoms with Crippen LogP contribution < -0.4 is 68.5 Å². The number of nitrogens with two attached hydrogens (primary N) is 2. The number of fused-ring (bicyclic) bond motifs is 15. The van der Waals surface area contributed by atoms with Gasteiger partial charge in [-0.1, -0.05) is 104 Å². The summed E-state index contributed by atoms with van der Waals surface area (Å²) in [6.07, 6.45) is -18.6. The Morgan fingerprint density at radius 3 is 1.89 bits per heavy atom. The number of halogens is 2. The van der Waals surface area contributed by atoms with E-state index in [1.165, 1.54) is 40.0 Å². The fourth-order valence-corrected chi connectivity index (χ4v) is 14.4. The molecule has 0 saturated carbocycles. The van der Waals surface area contributed by atoms with Crippen molar-refractivity contribution < 1.29 is 113 Å². The number of carboxylic acid groups (broad SMARTS) is 1. The molecule has 7 amide bonds. The van der Waals surface area contributed by atoms with Gasteiger partial charge in [-0.25, -0.2) is 4.79 Å². The molecule has 21 N–H and O–H groups in total. The highest BCUT2D eigenvalue weighted by atomic mass is 35.5. The summed E-state index contributed by atoms with van der Waals surface area (Å²) in [5, 5.41) is 129. The predicted octanol–water partition coefficient (Wildman–Crippen LogP) is 3.87. The number of H-pyrrole nitrogens is 1. The van der Waals surface area contributed by atoms with E-state index in [1.807, 2.05) is 13.8 Å². The number of rotatable bonds is 15. The van der Waals surface area contributed by atoms with Crippen molar-refractivity contribution >= 4 is 82.3 Å². The van der Waals surface area contributed by atoms with Gasteiger partial charge in [-0.15, -0.1) is 10.2 Å². The topological polar surface area (TPSA) is 569 Å². The number of aliphatic hydroxyl groups is 5. The van der Waals surface area contributed by atoms with Crippen molar-refractivity contribution in [1.82, 2.24) is 52.4 Å². The molecule has 8 heterocycles. The highest BCUT2D eigenvalue weighted by Gasteiger charge is 2.52. The Kier molecular flexibility index (Phi) is 30.9. The second-order valence-corrected chi connectivity index (χ2v) is 29.2. The zero-order chi connectivity index (χ0) is 79.1. The van der Waals surface area contributed by atoms with Gasteiger partial charge in [0.15, 0.2) is 35.1 Å². The van der Waals surface area contributed by atoms with Gasteiger partial charge in [0.25, 0.3) is 5.56 Å². The summed E-state index contributed by atoms with van der Waals surface area (Å²) in [7, 11) is 1.47. The summed E-state index contributed by atoms with van der Waals surface area (Å²) < 4.78 is 39.4. The molecule has 0 spiro atoms. The third-order valence-electron chi connectivity index (χ3n) is 18.8. The molecule has 0 radical (unpaired) electrons. The maximum absolute atomic E-state index is 16.2. The first-order chi connectivity index (χ1) is 51.5. The average molecular weight is 1650 g/mol. The van der Waals surface area contributed by atoms with Gasteiger partial charge in [-0.05, 0) is 117 Å². The van der Waals surface area contributed by atoms with E-state index < -0.39 is 236 Å². The van der Waals surface area contributed by atoms with Gasteiger partial charge < -0.3 is 123 Å². The van der Waals surface area contributed by atoms with E-state index in [4.69, 9.17) is 63.1 Å². The number of likely N-dealkylation sites (N-methyl/N-ethyl adjacent to an activating group) is 1. The average Bonchev–Trinajstić information content (AvgIpc) is 0.764. The number of hydrogen-bond acceptors (Lipinski definition) is 28. The van der Waals surface area contributed by atoms with Crippen LogP contribution in [-0.4, -0.2) is 200 Å². The fourth-order valence-electron chi connectivity index (χ4n) is 13.1. The van der Waals surface area contributed by atoms with Crippen LogP contribution in [0.2, 0.25) is 10.0 Å². The van der Waals surface area contributed by atoms with Crippen LogP contribution in [0.4, 0.5) is 0 Å². The maximum atomic E-state index is 16.2. The molecule has 2 fully saturated rings. The molecule has 39 heteroatoms. The molecule has 7 aliphatic heterocycles. The normalized spacial score (nSPS) is 26.9. The van der Waals surface area contributed by atoms with E-state index >= 15 is 14.4 Å². The number of hydrogen-bond donors (Lipinski definition) is 19. The third kappa shape index (κ3) is 20.0. The van der Waals surface area contributed by atoms with Crippen LogP contribution in [0, 0.1) is 12.8 Å². The Bertz CT molecular complexity index is 4640. The number of aromatic hydroxyl groups is 3. The molecule has 7 aliphatic rings. The molecule has 18 atom stereocenters. The molecule has 13 rings (SSSR count). The number of thioether (sulfide) groups is 1. The number of phenols is 3. The number of aromatic nitrogens is 3. The van der Waals surface area contributed by atoms with Gasteiger partial charge >= 0.3 is 5.97 Å². The molecule has 114 heavy (non-hydrogen) atoms. The van der Waals surface area contributed by atoms with E-state index in [-0.39, 0.29) is 100.0 Å². The Labute approximate surface area is 669 Å². The van der Waals surface area contributed by atoms with Gasteiger partial charge in [-0.3, -0.25) is 43.3 Å². The number of nitrogens with zero attached hydrogens (tertiary/aromatic N) is 2. The van der Waals surface area contributed by atoms with Crippen LogP contribution >= 0.6 is 35.0 Å². The van der Waals surface area contributed by atoms with Crippen molar-refractivity contribution in [3.63, 3.8) is 0 Å². The summed E-state index contributed by atoms with van der Waals surface area (Å²) in [5.74, 6) is -16.5. The number of aromatic amines is 1. The summed E-state index contributed by atoms with van der Waals surface area (Å²) in [6, 6.07) is -0.770. The molecular weight excluding hydrogens is 1560 g/mol. The van der Waals surface area contributed by atoms with Crippen molar-refractivity contribution in [2.45, 2.75) is 205 Å². The number of carboxylic acids is 1. The van der Waals surface area contributed by atoms with Crippen LogP contribution in [0.15, 0.2) is 88.8 Å². The lowest BCUT2D eigenvalue weighted by molar-refractivity contribution is -0.329. The minimum absolute atomic E-state index is 0. The van der Waals surface area contributed by atoms with Crippen LogP contribution in [0.5, 0.6) is 46.0 Å². The van der Waals surface area contributed by atoms with E-state index in [9.17, 15) is 74.7 Å². The molecule has 5 aromatic carbocycles. The molecule has 9 unspecified atom stereocenters. The van der Waals surface area contributed by atoms with Crippen molar-refractivity contribution in [2.75, 3.05) is 12.8 Å². The number of phenolic OH excluding ortho intramolecular Hbond substituents is 3. The van der Waals surface area contributed by atoms with E-state index in [0.717, 1.165) is 78.5 Å². The Balaban J connectivity index is 0.00000405. The number of nitrogens with one attached hydrogen (secondary N) is 8. The summed E-state index contributed by atoms with van der Waals surface area (Å²) in [6.45, 7) is 8.04. The third-order valence-corrected chi connectivity index (χ3v) is 20.4. The molecular formula is C75H98Cl2N12O24S. The number of aryl methyl sites for hydroxylation is 1. The number of aliphatic hydroxyl groups excluding tert-OH is 5. The SMILES string of the molecule is C.C.C.C.C.CN[C@@H](CC(C)C)C(=O)N[C@H]1C(=O)N[C@@H](CC(N)=O)C(=O)N[C@H]2C(=O)N[C@H]3C(=O)N[C@H](C(=O)N[C@@H](C(=O)O)c4cc(O)cc(O)c4-c4cc3ccc4O)[C@H](O)c3ccc(c(Cl)c3)Oc3cc2cc(c3OC2OC(CSc3nnc(C)c(=O)[nH]3)C(O)C(O)C2OC2CC(C)(N)C(O)C(C)O2)Oc2ccc(cc2Cl)[C@H]1O. The first-order valence-electron chi connectivity index (χ1n) is 33.9. The molecule has 11 bridgehead atoms. The molecule has 6 aromatic rings. The number of primary amides is 1. The predicted molar refractivity (Wildman–Crippen MR) is 414 cm³/mol. The maximum Gasteiger partial charge on any atom is 0.330 e. The zero-order valence-electron chi connectivity index (χ0n) is 58.6. The Morgan fingerprint density at radius 2 is 1.31 bits per heavy atom. The lowest BCUT2D eigenvalue weighted by Gasteiger charge is -2.47. The minimum atomic E-state index is -2.37. The van der Waals surface area contributed by atoms with Crippen molar-refractivity contribution in [1.29, 1.82) is 0 Å². The second kappa shape index (κ2) is 38.0. The second-order valence-electron chi connectivity index (χ2n) is 27.4. The number of ether oxygens (including phenoxy) is 6. The Hall–Kier alpha value is -10.00. The Morgan fingerprint density at radius 1 is 0.711 bits per heavy atom. The van der Waals surface area contributed by atoms with Crippen molar-refractivity contribution in [3.05, 3.63) is 133 Å². The van der Waals surface area contributed by atoms with E-state index in [2.05, 4.69) is 52.4 Å². The summed E-state index contributed by atoms with van der Waals surface area (Å²) >= 11 is 15.1. The largest absolute Gasteiger partial charge is 0.508 e. The first-order valence-corrected chi connectivity index (χ1v) is 35.6. The van der Waals surface area contributed by atoms with Gasteiger partial charge in [0.2, 0.25) is 53.4 Å². The molecule has 1 aromatic heterocycles. The minimum Gasteiger partial charge on any atom is -0.508 e. The number of benzene rings is 5. The smallest absolute Gasteiger partial charge is 0.330 e. The van der Waals surface area contributed by atoms with Crippen LogP contribution in [0.1, 0.15) is 148 Å². The van der Waals surface area contributed by atoms with Gasteiger partial charge in [0.05, 0.1) is 40.8 Å². The first kappa shape index (κ1) is 92.9. The van der Waals surface area contributed by atoms with Crippen molar-refractivity contribution in [3.8, 4) is 57.1 Å². The highest BCUT2D eigenvalue weighted by molar-refractivity contribution is 7.99. The monoisotopic (exact) mass is 1650 g/mol. The highest BCUT2D eigenvalue weighted by Crippen LogP contribution is 2.50. The van der Waals surface area contributed by atoms with Crippen LogP contribution in [-0.2, 0) is 52.6 Å². The number of carbonyl (C=O) groups is 8. The summed E-state index contributed by atoms with van der Waals surface area (Å²) in [5.41, 5.74) is 7.45. The van der Waals surface area contributed by atoms with Gasteiger partial charge in [0.1, 0.15) is 89.1 Å². The van der Waals surface area contributed by atoms with Crippen LogP contribution in [0.3, 0.4) is 0 Å². The number of amides is 7. The van der Waals surface area contributed by atoms with Crippen LogP contribution in [0.25, 0.3) is 11.1 Å². The lowest BCUT2D eigenvalue weighted by atomic mass is 9.86. The fraction of sp³-hybridized carbons (Fsp3) is 0.453. The van der Waals surface area contributed by atoms with E-state index in [1.54, 1.807) is 0 Å². The van der Waals surface area contributed by atoms with Gasteiger partial charge in [-0.2, -0.15) is 0 Å². The lowest BCUT2D eigenvalue weighted by Crippen LogP contribution is -2.64. The summed E-state index contributed by atoms with van der Waals surface area (Å²) in [4.78, 5) is 133. The quantitative estimate of drug-likeness (QED) is 0.0649.